The predicted octanol–water partition coefficient (Wildman–Crippen LogP) is 1.14. The number of hydrogen-bond acceptors (Lipinski definition) is 5. The van der Waals surface area contributed by atoms with Gasteiger partial charge in [0.25, 0.3) is 11.5 Å². The van der Waals surface area contributed by atoms with E-state index in [2.05, 4.69) is 10.3 Å². The second kappa shape index (κ2) is 8.14. The minimum absolute atomic E-state index is 0.140. The number of hydrogen-bond donors (Lipinski definition) is 1. The fourth-order valence-corrected chi connectivity index (χ4v) is 2.04. The van der Waals surface area contributed by atoms with Crippen molar-refractivity contribution in [3.05, 3.63) is 52.7 Å². The molecule has 0 aliphatic rings. The molecular formula is C17H21N3O4. The molecule has 0 saturated carbocycles. The van der Waals surface area contributed by atoms with E-state index in [0.717, 1.165) is 5.75 Å². The number of amides is 1. The summed E-state index contributed by atoms with van der Waals surface area (Å²) in [4.78, 5) is 27.8. The average molecular weight is 331 g/mol. The first-order chi connectivity index (χ1) is 11.5. The van der Waals surface area contributed by atoms with E-state index in [9.17, 15) is 9.59 Å². The quantitative estimate of drug-likeness (QED) is 0.823. The van der Waals surface area contributed by atoms with Crippen molar-refractivity contribution >= 4 is 5.91 Å². The number of methoxy groups -OCH3 is 1. The van der Waals surface area contributed by atoms with Gasteiger partial charge in [-0.15, -0.1) is 0 Å². The van der Waals surface area contributed by atoms with Crippen molar-refractivity contribution in [3.63, 3.8) is 0 Å². The highest BCUT2D eigenvalue weighted by molar-refractivity contribution is 5.80. The lowest BCUT2D eigenvalue weighted by atomic mass is 10.3. The van der Waals surface area contributed by atoms with Crippen LogP contribution in [0.25, 0.3) is 0 Å². The van der Waals surface area contributed by atoms with Crippen LogP contribution in [0.1, 0.15) is 12.6 Å². The van der Waals surface area contributed by atoms with E-state index in [1.807, 2.05) is 0 Å². The Balaban J connectivity index is 1.81. The first-order valence-corrected chi connectivity index (χ1v) is 7.61. The summed E-state index contributed by atoms with van der Waals surface area (Å²) in [7, 11) is 1.58. The first-order valence-electron chi connectivity index (χ1n) is 7.61. The summed E-state index contributed by atoms with van der Waals surface area (Å²) in [5.41, 5.74) is 0.529. The number of ether oxygens (including phenoxy) is 2. The number of benzene rings is 1. The highest BCUT2D eigenvalue weighted by Gasteiger charge is 2.14. The Morgan fingerprint density at radius 2 is 1.96 bits per heavy atom. The van der Waals surface area contributed by atoms with Gasteiger partial charge in [0.05, 0.1) is 13.4 Å². The molecule has 1 atom stereocenters. The second-order valence-corrected chi connectivity index (χ2v) is 5.29. The normalized spacial score (nSPS) is 11.6. The monoisotopic (exact) mass is 331 g/mol. The molecule has 0 fully saturated rings. The summed E-state index contributed by atoms with van der Waals surface area (Å²) in [6.45, 7) is 4.10. The Kier molecular flexibility index (Phi) is 5.95. The standard InChI is InChI=1S/C17H21N3O4/c1-12-10-16(21)20(11-19-12)9-8-18-17(22)13(2)24-15-6-4-14(23-3)5-7-15/h4-7,10-11,13H,8-9H2,1-3H3,(H,18,22). The molecule has 7 heteroatoms. The van der Waals surface area contributed by atoms with Crippen LogP contribution < -0.4 is 20.3 Å². The maximum Gasteiger partial charge on any atom is 0.260 e. The fourth-order valence-electron chi connectivity index (χ4n) is 2.04. The molecule has 1 N–H and O–H groups in total. The minimum atomic E-state index is -0.647. The van der Waals surface area contributed by atoms with Gasteiger partial charge < -0.3 is 14.8 Å². The molecule has 0 radical (unpaired) electrons. The molecule has 24 heavy (non-hydrogen) atoms. The molecule has 2 aromatic rings. The molecule has 1 unspecified atom stereocenters. The molecule has 2 rings (SSSR count). The minimum Gasteiger partial charge on any atom is -0.497 e. The third kappa shape index (κ3) is 4.84. The number of aromatic nitrogens is 2. The van der Waals surface area contributed by atoms with Gasteiger partial charge in [-0.2, -0.15) is 0 Å². The average Bonchev–Trinajstić information content (AvgIpc) is 2.57. The molecule has 0 spiro atoms. The summed E-state index contributed by atoms with van der Waals surface area (Å²) in [6.07, 6.45) is 0.826. The molecular weight excluding hydrogens is 310 g/mol. The van der Waals surface area contributed by atoms with Crippen molar-refractivity contribution in [1.29, 1.82) is 0 Å². The smallest absolute Gasteiger partial charge is 0.260 e. The van der Waals surface area contributed by atoms with Crippen LogP contribution >= 0.6 is 0 Å². The van der Waals surface area contributed by atoms with Gasteiger partial charge in [0.1, 0.15) is 11.5 Å². The zero-order chi connectivity index (χ0) is 17.5. The zero-order valence-corrected chi connectivity index (χ0v) is 14.0. The van der Waals surface area contributed by atoms with E-state index in [-0.39, 0.29) is 11.5 Å². The van der Waals surface area contributed by atoms with Crippen molar-refractivity contribution in [1.82, 2.24) is 14.9 Å². The first kappa shape index (κ1) is 17.5. The van der Waals surface area contributed by atoms with Crippen LogP contribution in [-0.2, 0) is 11.3 Å². The molecule has 7 nitrogen and oxygen atoms in total. The molecule has 1 heterocycles. The Hall–Kier alpha value is -2.83. The number of nitrogens with zero attached hydrogens (tertiary/aromatic N) is 2. The van der Waals surface area contributed by atoms with Crippen molar-refractivity contribution in [2.75, 3.05) is 13.7 Å². The van der Waals surface area contributed by atoms with Crippen molar-refractivity contribution in [3.8, 4) is 11.5 Å². The van der Waals surface area contributed by atoms with Crippen LogP contribution in [0.3, 0.4) is 0 Å². The van der Waals surface area contributed by atoms with Gasteiger partial charge >= 0.3 is 0 Å². The van der Waals surface area contributed by atoms with Crippen LogP contribution in [0.4, 0.5) is 0 Å². The summed E-state index contributed by atoms with van der Waals surface area (Å²) in [5, 5.41) is 2.74. The predicted molar refractivity (Wildman–Crippen MR) is 89.3 cm³/mol. The number of aryl methyl sites for hydroxylation is 1. The van der Waals surface area contributed by atoms with E-state index in [0.29, 0.717) is 24.5 Å². The van der Waals surface area contributed by atoms with Gasteiger partial charge in [-0.05, 0) is 38.1 Å². The molecule has 1 amide bonds. The van der Waals surface area contributed by atoms with E-state index < -0.39 is 6.10 Å². The van der Waals surface area contributed by atoms with Crippen molar-refractivity contribution < 1.29 is 14.3 Å². The fraction of sp³-hybridized carbons (Fsp3) is 0.353. The number of carbonyl (C=O) groups excluding carboxylic acids is 1. The van der Waals surface area contributed by atoms with Crippen LogP contribution in [0.2, 0.25) is 0 Å². The molecule has 1 aromatic carbocycles. The van der Waals surface area contributed by atoms with Crippen LogP contribution in [0.15, 0.2) is 41.5 Å². The summed E-state index contributed by atoms with van der Waals surface area (Å²) >= 11 is 0. The van der Waals surface area contributed by atoms with Gasteiger partial charge in [0.15, 0.2) is 6.10 Å². The Morgan fingerprint density at radius 1 is 1.29 bits per heavy atom. The molecule has 128 valence electrons. The van der Waals surface area contributed by atoms with E-state index in [1.165, 1.54) is 17.0 Å². The lowest BCUT2D eigenvalue weighted by Crippen LogP contribution is -2.38. The zero-order valence-electron chi connectivity index (χ0n) is 14.0. The largest absolute Gasteiger partial charge is 0.497 e. The van der Waals surface area contributed by atoms with E-state index >= 15 is 0 Å². The number of nitrogens with one attached hydrogen (secondary N) is 1. The molecule has 0 bridgehead atoms. The maximum atomic E-state index is 12.0. The Bertz CT molecular complexity index is 740. The number of carbonyl (C=O) groups is 1. The highest BCUT2D eigenvalue weighted by atomic mass is 16.5. The van der Waals surface area contributed by atoms with Gasteiger partial charge in [-0.1, -0.05) is 0 Å². The van der Waals surface area contributed by atoms with Gasteiger partial charge in [0.2, 0.25) is 0 Å². The van der Waals surface area contributed by atoms with Crippen molar-refractivity contribution in [2.45, 2.75) is 26.5 Å². The van der Waals surface area contributed by atoms with Gasteiger partial charge in [-0.25, -0.2) is 4.98 Å². The van der Waals surface area contributed by atoms with Gasteiger partial charge in [0, 0.05) is 24.8 Å². The Morgan fingerprint density at radius 3 is 2.58 bits per heavy atom. The SMILES string of the molecule is COc1ccc(OC(C)C(=O)NCCn2cnc(C)cc2=O)cc1. The summed E-state index contributed by atoms with van der Waals surface area (Å²) < 4.78 is 12.1. The lowest BCUT2D eigenvalue weighted by molar-refractivity contribution is -0.127. The van der Waals surface area contributed by atoms with Crippen molar-refractivity contribution in [2.24, 2.45) is 0 Å². The summed E-state index contributed by atoms with van der Waals surface area (Å²) in [5.74, 6) is 1.05. The lowest BCUT2D eigenvalue weighted by Gasteiger charge is -2.15. The number of rotatable bonds is 7. The van der Waals surface area contributed by atoms with Crippen LogP contribution in [-0.4, -0.2) is 35.2 Å². The topological polar surface area (TPSA) is 82.4 Å². The second-order valence-electron chi connectivity index (χ2n) is 5.29. The van der Waals surface area contributed by atoms with Gasteiger partial charge in [-0.3, -0.25) is 14.2 Å². The molecule has 0 aliphatic heterocycles. The third-order valence-electron chi connectivity index (χ3n) is 3.41. The molecule has 1 aromatic heterocycles. The summed E-state index contributed by atoms with van der Waals surface area (Å²) in [6, 6.07) is 8.45. The van der Waals surface area contributed by atoms with Crippen LogP contribution in [0.5, 0.6) is 11.5 Å². The molecule has 0 saturated heterocycles. The maximum absolute atomic E-state index is 12.0. The Labute approximate surface area is 140 Å². The van der Waals surface area contributed by atoms with Crippen LogP contribution in [0, 0.1) is 6.92 Å². The van der Waals surface area contributed by atoms with E-state index in [4.69, 9.17) is 9.47 Å². The highest BCUT2D eigenvalue weighted by Crippen LogP contribution is 2.18. The molecule has 0 aliphatic carbocycles. The van der Waals surface area contributed by atoms with E-state index in [1.54, 1.807) is 45.2 Å². The third-order valence-corrected chi connectivity index (χ3v) is 3.41.